The second kappa shape index (κ2) is 12.4. The summed E-state index contributed by atoms with van der Waals surface area (Å²) in [5.41, 5.74) is 1.93. The standard InChI is InChI=1S/C13H18O5S.C10H14O5S/c1-10-4-6-12(7-5-10)19(14,15)17-9-11-8-16-13(2,3)18-11;1-8-2-4-10(5-3-8)16(13,14)15-7-9(12)6-11/h4-7,11H,8-9H2,1-3H3;2-5,9,11-12H,6-7H2,1H3/t11-;9-/m00/s1. The Bertz CT molecular complexity index is 1140. The summed E-state index contributed by atoms with van der Waals surface area (Å²) in [6, 6.07) is 12.7. The fourth-order valence-corrected chi connectivity index (χ4v) is 4.66. The van der Waals surface area contributed by atoms with Crippen LogP contribution in [0.25, 0.3) is 0 Å². The Morgan fingerprint density at radius 1 is 0.914 bits per heavy atom. The first-order valence-electron chi connectivity index (χ1n) is 10.8. The number of aryl methyl sites for hydroxylation is 2. The number of rotatable bonds is 9. The molecule has 1 heterocycles. The maximum absolute atomic E-state index is 11.9. The third-order valence-electron chi connectivity index (χ3n) is 4.72. The predicted molar refractivity (Wildman–Crippen MR) is 127 cm³/mol. The van der Waals surface area contributed by atoms with Crippen LogP contribution in [-0.2, 0) is 38.1 Å². The average molecular weight is 533 g/mol. The molecule has 2 aromatic carbocycles. The maximum atomic E-state index is 11.9. The van der Waals surface area contributed by atoms with E-state index >= 15 is 0 Å². The number of ether oxygens (including phenoxy) is 2. The summed E-state index contributed by atoms with van der Waals surface area (Å²) in [5, 5.41) is 17.5. The fourth-order valence-electron chi connectivity index (χ4n) is 2.78. The Morgan fingerprint density at radius 2 is 1.37 bits per heavy atom. The van der Waals surface area contributed by atoms with Crippen LogP contribution in [0.1, 0.15) is 25.0 Å². The predicted octanol–water partition coefficient (Wildman–Crippen LogP) is 1.91. The maximum Gasteiger partial charge on any atom is 0.297 e. The van der Waals surface area contributed by atoms with Gasteiger partial charge in [0.2, 0.25) is 0 Å². The van der Waals surface area contributed by atoms with Gasteiger partial charge in [0.1, 0.15) is 12.2 Å². The lowest BCUT2D eigenvalue weighted by Crippen LogP contribution is -2.25. The summed E-state index contributed by atoms with van der Waals surface area (Å²) in [6.07, 6.45) is -1.56. The van der Waals surface area contributed by atoms with Crippen molar-refractivity contribution >= 4 is 20.2 Å². The van der Waals surface area contributed by atoms with Crippen LogP contribution >= 0.6 is 0 Å². The molecule has 2 atom stereocenters. The zero-order valence-corrected chi connectivity index (χ0v) is 21.7. The zero-order chi connectivity index (χ0) is 26.3. The van der Waals surface area contributed by atoms with Gasteiger partial charge in [-0.2, -0.15) is 16.8 Å². The SMILES string of the molecule is Cc1ccc(S(=O)(=O)OC[C@@H](O)CO)cc1.Cc1ccc(S(=O)(=O)OC[C@@H]2COC(C)(C)O2)cc1. The molecule has 1 aliphatic rings. The van der Waals surface area contributed by atoms with Crippen LogP contribution in [0.15, 0.2) is 58.3 Å². The highest BCUT2D eigenvalue weighted by atomic mass is 32.2. The molecule has 3 rings (SSSR count). The van der Waals surface area contributed by atoms with Crippen molar-refractivity contribution in [3.63, 3.8) is 0 Å². The van der Waals surface area contributed by atoms with Gasteiger partial charge in [0.05, 0.1) is 36.2 Å². The minimum absolute atomic E-state index is 0.0308. The van der Waals surface area contributed by atoms with Gasteiger partial charge in [-0.25, -0.2) is 0 Å². The van der Waals surface area contributed by atoms with Crippen molar-refractivity contribution in [1.82, 2.24) is 0 Å². The lowest BCUT2D eigenvalue weighted by Gasteiger charge is -2.16. The van der Waals surface area contributed by atoms with Crippen LogP contribution in [0.4, 0.5) is 0 Å². The van der Waals surface area contributed by atoms with Crippen molar-refractivity contribution in [3.8, 4) is 0 Å². The summed E-state index contributed by atoms with van der Waals surface area (Å²) in [5.74, 6) is -0.679. The van der Waals surface area contributed by atoms with E-state index in [4.69, 9.17) is 23.9 Å². The normalized spacial score (nSPS) is 18.5. The largest absolute Gasteiger partial charge is 0.394 e. The first-order chi connectivity index (χ1) is 16.2. The average Bonchev–Trinajstić information content (AvgIpc) is 3.16. The van der Waals surface area contributed by atoms with Gasteiger partial charge in [-0.3, -0.25) is 8.37 Å². The molecule has 0 radical (unpaired) electrons. The Hall–Kier alpha value is -1.90. The van der Waals surface area contributed by atoms with Gasteiger partial charge in [-0.05, 0) is 52.0 Å². The second-order valence-electron chi connectivity index (χ2n) is 8.39. The number of hydrogen-bond acceptors (Lipinski definition) is 10. The van der Waals surface area contributed by atoms with E-state index in [1.54, 1.807) is 38.1 Å². The summed E-state index contributed by atoms with van der Waals surface area (Å²) >= 11 is 0. The van der Waals surface area contributed by atoms with Crippen LogP contribution in [0.2, 0.25) is 0 Å². The molecule has 0 bridgehead atoms. The Kier molecular flexibility index (Phi) is 10.4. The third-order valence-corrected chi connectivity index (χ3v) is 7.31. The van der Waals surface area contributed by atoms with Gasteiger partial charge in [0.25, 0.3) is 20.2 Å². The van der Waals surface area contributed by atoms with Crippen molar-refractivity contribution in [2.24, 2.45) is 0 Å². The summed E-state index contributed by atoms with van der Waals surface area (Å²) in [6.45, 7) is 6.59. The van der Waals surface area contributed by atoms with E-state index in [0.29, 0.717) is 6.61 Å². The zero-order valence-electron chi connectivity index (χ0n) is 20.1. The summed E-state index contributed by atoms with van der Waals surface area (Å²) in [7, 11) is -7.59. The molecule has 0 saturated carbocycles. The smallest absolute Gasteiger partial charge is 0.297 e. The van der Waals surface area contributed by atoms with E-state index in [1.165, 1.54) is 24.3 Å². The molecule has 0 unspecified atom stereocenters. The fraction of sp³-hybridized carbons (Fsp3) is 0.478. The monoisotopic (exact) mass is 532 g/mol. The first-order valence-corrected chi connectivity index (χ1v) is 13.6. The van der Waals surface area contributed by atoms with Gasteiger partial charge in [0.15, 0.2) is 5.79 Å². The molecule has 0 amide bonds. The minimum atomic E-state index is -3.85. The number of hydrogen-bond donors (Lipinski definition) is 2. The van der Waals surface area contributed by atoms with Crippen molar-refractivity contribution < 1.29 is 44.9 Å². The van der Waals surface area contributed by atoms with Gasteiger partial charge in [0, 0.05) is 0 Å². The van der Waals surface area contributed by atoms with Gasteiger partial charge in [-0.1, -0.05) is 35.4 Å². The topological polar surface area (TPSA) is 146 Å². The Labute approximate surface area is 206 Å². The van der Waals surface area contributed by atoms with E-state index in [-0.39, 0.29) is 22.5 Å². The van der Waals surface area contributed by atoms with Gasteiger partial charge in [-0.15, -0.1) is 0 Å². The Balaban J connectivity index is 0.000000251. The van der Waals surface area contributed by atoms with Crippen LogP contribution in [0, 0.1) is 13.8 Å². The highest BCUT2D eigenvalue weighted by Gasteiger charge is 2.33. The van der Waals surface area contributed by atoms with Crippen LogP contribution in [0.3, 0.4) is 0 Å². The van der Waals surface area contributed by atoms with Gasteiger partial charge >= 0.3 is 0 Å². The van der Waals surface area contributed by atoms with E-state index in [2.05, 4.69) is 4.18 Å². The third kappa shape index (κ3) is 9.58. The lowest BCUT2D eigenvalue weighted by molar-refractivity contribution is -0.141. The van der Waals surface area contributed by atoms with Crippen molar-refractivity contribution in [3.05, 3.63) is 59.7 Å². The van der Waals surface area contributed by atoms with E-state index in [9.17, 15) is 16.8 Å². The first kappa shape index (κ1) is 29.3. The van der Waals surface area contributed by atoms with Crippen molar-refractivity contribution in [2.45, 2.75) is 55.5 Å². The quantitative estimate of drug-likeness (QED) is 0.459. The highest BCUT2D eigenvalue weighted by molar-refractivity contribution is 7.87. The molecule has 0 spiro atoms. The van der Waals surface area contributed by atoms with Crippen molar-refractivity contribution in [1.29, 1.82) is 0 Å². The molecule has 0 aliphatic carbocycles. The number of benzene rings is 2. The molecule has 1 saturated heterocycles. The van der Waals surface area contributed by atoms with Gasteiger partial charge < -0.3 is 19.7 Å². The molecule has 2 aromatic rings. The van der Waals surface area contributed by atoms with E-state index in [1.807, 2.05) is 13.8 Å². The van der Waals surface area contributed by atoms with Crippen LogP contribution in [0.5, 0.6) is 0 Å². The molecule has 196 valence electrons. The minimum Gasteiger partial charge on any atom is -0.394 e. The van der Waals surface area contributed by atoms with E-state index in [0.717, 1.165) is 11.1 Å². The second-order valence-corrected chi connectivity index (χ2v) is 11.6. The molecule has 35 heavy (non-hydrogen) atoms. The van der Waals surface area contributed by atoms with Crippen LogP contribution in [-0.4, -0.2) is 71.5 Å². The lowest BCUT2D eigenvalue weighted by atomic mass is 10.2. The molecule has 1 aliphatic heterocycles. The summed E-state index contributed by atoms with van der Waals surface area (Å²) in [4.78, 5) is 0.180. The van der Waals surface area contributed by atoms with E-state index < -0.39 is 45.3 Å². The number of aliphatic hydroxyl groups is 2. The van der Waals surface area contributed by atoms with Crippen molar-refractivity contribution in [2.75, 3.05) is 26.4 Å². The highest BCUT2D eigenvalue weighted by Crippen LogP contribution is 2.23. The molecule has 0 aromatic heterocycles. The molecule has 12 heteroatoms. The number of aliphatic hydroxyl groups excluding tert-OH is 2. The molecular weight excluding hydrogens is 500 g/mol. The van der Waals surface area contributed by atoms with Crippen LogP contribution < -0.4 is 0 Å². The molecule has 10 nitrogen and oxygen atoms in total. The Morgan fingerprint density at radius 3 is 1.77 bits per heavy atom. The molecular formula is C23H32O10S2. The summed E-state index contributed by atoms with van der Waals surface area (Å²) < 4.78 is 67.4. The molecule has 1 fully saturated rings. The molecule has 2 N–H and O–H groups in total.